The molecule has 1 rings (SSSR count). The van der Waals surface area contributed by atoms with Gasteiger partial charge in [0.05, 0.1) is 22.2 Å². The van der Waals surface area contributed by atoms with Gasteiger partial charge in [-0.15, -0.1) is 0 Å². The molecule has 0 bridgehead atoms. The quantitative estimate of drug-likeness (QED) is 0.702. The lowest BCUT2D eigenvalue weighted by atomic mass is 9.89. The van der Waals surface area contributed by atoms with E-state index in [1.165, 1.54) is 12.1 Å². The van der Waals surface area contributed by atoms with Crippen molar-refractivity contribution in [2.75, 3.05) is 11.9 Å². The number of halogens is 3. The van der Waals surface area contributed by atoms with Crippen molar-refractivity contribution in [2.24, 2.45) is 5.41 Å². The van der Waals surface area contributed by atoms with E-state index in [1.807, 2.05) is 13.8 Å². The molecule has 0 unspecified atom stereocenters. The van der Waals surface area contributed by atoms with Gasteiger partial charge in [0, 0.05) is 11.0 Å². The number of hydrogen-bond donors (Lipinski definition) is 1. The summed E-state index contributed by atoms with van der Waals surface area (Å²) in [6.45, 7) is 4.62. The molecular weight excluding hydrogens is 331 g/mol. The molecule has 0 radical (unpaired) electrons. The second-order valence-electron chi connectivity index (χ2n) is 5.12. The highest BCUT2D eigenvalue weighted by Gasteiger charge is 2.15. The molecule has 1 N–H and O–H groups in total. The molecule has 0 atom stereocenters. The molecule has 0 aromatic heterocycles. The van der Waals surface area contributed by atoms with Crippen LogP contribution in [-0.4, -0.2) is 6.54 Å². The van der Waals surface area contributed by atoms with Crippen molar-refractivity contribution in [1.82, 2.24) is 0 Å². The third-order valence-electron chi connectivity index (χ3n) is 2.84. The van der Waals surface area contributed by atoms with Crippen LogP contribution >= 0.6 is 27.5 Å². The number of anilines is 1. The van der Waals surface area contributed by atoms with Gasteiger partial charge in [0.25, 0.3) is 0 Å². The first-order valence-electron chi connectivity index (χ1n) is 6.15. The van der Waals surface area contributed by atoms with E-state index in [0.717, 1.165) is 25.8 Å². The Bertz CT molecular complexity index is 460. The third kappa shape index (κ3) is 5.38. The fourth-order valence-electron chi connectivity index (χ4n) is 1.67. The lowest BCUT2D eigenvalue weighted by Crippen LogP contribution is -2.09. The minimum absolute atomic E-state index is 0.270. The Morgan fingerprint density at radius 2 is 2.11 bits per heavy atom. The van der Waals surface area contributed by atoms with Crippen molar-refractivity contribution in [3.63, 3.8) is 0 Å². The molecule has 0 fully saturated rings. The van der Waals surface area contributed by atoms with Crippen LogP contribution in [0.25, 0.3) is 0 Å². The smallest absolute Gasteiger partial charge is 0.125 e. The number of nitrogens with one attached hydrogen (secondary N) is 1. The fraction of sp³-hybridized carbons (Fsp3) is 0.500. The SMILES string of the molecule is CC(C)(C#N)CCCCNc1c(Cl)cc(F)cc1Br. The normalized spacial score (nSPS) is 11.2. The summed E-state index contributed by atoms with van der Waals surface area (Å²) in [5.74, 6) is -0.363. The van der Waals surface area contributed by atoms with Crippen LogP contribution in [0.5, 0.6) is 0 Å². The number of hydrogen-bond acceptors (Lipinski definition) is 2. The average Bonchev–Trinajstić information content (AvgIpc) is 2.31. The molecule has 19 heavy (non-hydrogen) atoms. The van der Waals surface area contributed by atoms with E-state index in [9.17, 15) is 4.39 Å². The van der Waals surface area contributed by atoms with Gasteiger partial charge < -0.3 is 5.32 Å². The van der Waals surface area contributed by atoms with Crippen LogP contribution in [0, 0.1) is 22.6 Å². The number of unbranched alkanes of at least 4 members (excludes halogenated alkanes) is 1. The molecule has 1 aromatic carbocycles. The number of nitrogens with zero attached hydrogens (tertiary/aromatic N) is 1. The monoisotopic (exact) mass is 346 g/mol. The Morgan fingerprint density at radius 3 is 2.68 bits per heavy atom. The molecule has 1 aromatic rings. The van der Waals surface area contributed by atoms with Gasteiger partial charge in [0.2, 0.25) is 0 Å². The van der Waals surface area contributed by atoms with Gasteiger partial charge >= 0.3 is 0 Å². The summed E-state index contributed by atoms with van der Waals surface area (Å²) in [6, 6.07) is 4.95. The molecule has 0 saturated carbocycles. The summed E-state index contributed by atoms with van der Waals surface area (Å²) in [4.78, 5) is 0. The maximum Gasteiger partial charge on any atom is 0.125 e. The number of benzene rings is 1. The summed E-state index contributed by atoms with van der Waals surface area (Å²) in [6.07, 6.45) is 2.76. The van der Waals surface area contributed by atoms with Crippen molar-refractivity contribution in [2.45, 2.75) is 33.1 Å². The van der Waals surface area contributed by atoms with Crippen LogP contribution < -0.4 is 5.32 Å². The molecule has 104 valence electrons. The predicted molar refractivity (Wildman–Crippen MR) is 80.8 cm³/mol. The summed E-state index contributed by atoms with van der Waals surface area (Å²) >= 11 is 9.25. The largest absolute Gasteiger partial charge is 0.383 e. The van der Waals surface area contributed by atoms with E-state index in [4.69, 9.17) is 16.9 Å². The van der Waals surface area contributed by atoms with Crippen molar-refractivity contribution in [3.8, 4) is 6.07 Å². The highest BCUT2D eigenvalue weighted by Crippen LogP contribution is 2.31. The first-order chi connectivity index (χ1) is 8.85. The number of nitriles is 1. The van der Waals surface area contributed by atoms with Crippen LogP contribution in [0.4, 0.5) is 10.1 Å². The van der Waals surface area contributed by atoms with E-state index >= 15 is 0 Å². The maximum absolute atomic E-state index is 13.0. The van der Waals surface area contributed by atoms with Crippen molar-refractivity contribution in [1.29, 1.82) is 5.26 Å². The molecule has 0 amide bonds. The van der Waals surface area contributed by atoms with Gasteiger partial charge in [-0.2, -0.15) is 5.26 Å². The minimum Gasteiger partial charge on any atom is -0.383 e. The predicted octanol–water partition coefficient (Wildman–Crippen LogP) is 5.37. The molecular formula is C14H17BrClFN2. The topological polar surface area (TPSA) is 35.8 Å². The van der Waals surface area contributed by atoms with Crippen LogP contribution in [0.2, 0.25) is 5.02 Å². The Morgan fingerprint density at radius 1 is 1.42 bits per heavy atom. The molecule has 0 heterocycles. The van der Waals surface area contributed by atoms with E-state index in [2.05, 4.69) is 27.3 Å². The fourth-order valence-corrected chi connectivity index (χ4v) is 2.63. The molecule has 2 nitrogen and oxygen atoms in total. The third-order valence-corrected chi connectivity index (χ3v) is 3.76. The van der Waals surface area contributed by atoms with Gasteiger partial charge in [-0.3, -0.25) is 0 Å². The Hall–Kier alpha value is -0.790. The standard InChI is InChI=1S/C14H17BrClFN2/c1-14(2,9-18)5-3-4-6-19-13-11(15)7-10(17)8-12(13)16/h7-8,19H,3-6H2,1-2H3. The Balaban J connectivity index is 2.41. The van der Waals surface area contributed by atoms with Crippen LogP contribution in [-0.2, 0) is 0 Å². The van der Waals surface area contributed by atoms with Crippen LogP contribution in [0.3, 0.4) is 0 Å². The van der Waals surface area contributed by atoms with Crippen LogP contribution in [0.1, 0.15) is 33.1 Å². The molecule has 0 aliphatic heterocycles. The molecule has 0 aliphatic carbocycles. The zero-order valence-corrected chi connectivity index (χ0v) is 13.4. The average molecular weight is 348 g/mol. The maximum atomic E-state index is 13.0. The Kier molecular flexibility index (Phi) is 6.09. The van der Waals surface area contributed by atoms with E-state index in [0.29, 0.717) is 15.2 Å². The minimum atomic E-state index is -0.363. The first-order valence-corrected chi connectivity index (χ1v) is 7.32. The Labute approximate surface area is 127 Å². The highest BCUT2D eigenvalue weighted by molar-refractivity contribution is 9.10. The van der Waals surface area contributed by atoms with Gasteiger partial charge in [-0.25, -0.2) is 4.39 Å². The van der Waals surface area contributed by atoms with Crippen molar-refractivity contribution >= 4 is 33.2 Å². The van der Waals surface area contributed by atoms with Gasteiger partial charge in [-0.05, 0) is 54.8 Å². The lowest BCUT2D eigenvalue weighted by molar-refractivity contribution is 0.430. The zero-order chi connectivity index (χ0) is 14.5. The second-order valence-corrected chi connectivity index (χ2v) is 6.39. The molecule has 0 saturated heterocycles. The molecule has 5 heteroatoms. The zero-order valence-electron chi connectivity index (χ0n) is 11.1. The second kappa shape index (κ2) is 7.12. The van der Waals surface area contributed by atoms with Crippen LogP contribution in [0.15, 0.2) is 16.6 Å². The summed E-state index contributed by atoms with van der Waals surface area (Å²) < 4.78 is 13.7. The number of rotatable bonds is 6. The molecule has 0 spiro atoms. The summed E-state index contributed by atoms with van der Waals surface area (Å²) in [5, 5.41) is 12.5. The lowest BCUT2D eigenvalue weighted by Gasteiger charge is -2.15. The van der Waals surface area contributed by atoms with Gasteiger partial charge in [0.1, 0.15) is 5.82 Å². The molecule has 0 aliphatic rings. The van der Waals surface area contributed by atoms with Crippen molar-refractivity contribution < 1.29 is 4.39 Å². The summed E-state index contributed by atoms with van der Waals surface area (Å²) in [5.41, 5.74) is 0.441. The van der Waals surface area contributed by atoms with Gasteiger partial charge in [0.15, 0.2) is 0 Å². The van der Waals surface area contributed by atoms with Crippen molar-refractivity contribution in [3.05, 3.63) is 27.4 Å². The highest BCUT2D eigenvalue weighted by atomic mass is 79.9. The van der Waals surface area contributed by atoms with E-state index in [-0.39, 0.29) is 11.2 Å². The first kappa shape index (κ1) is 16.3. The summed E-state index contributed by atoms with van der Waals surface area (Å²) in [7, 11) is 0. The van der Waals surface area contributed by atoms with E-state index in [1.54, 1.807) is 0 Å². The van der Waals surface area contributed by atoms with E-state index < -0.39 is 0 Å². The van der Waals surface area contributed by atoms with Gasteiger partial charge in [-0.1, -0.05) is 18.0 Å².